The van der Waals surface area contributed by atoms with Gasteiger partial charge in [0.2, 0.25) is 0 Å². The minimum Gasteiger partial charge on any atom is -0.314 e. The highest BCUT2D eigenvalue weighted by Crippen LogP contribution is 2.44. The Morgan fingerprint density at radius 2 is 2.17 bits per heavy atom. The summed E-state index contributed by atoms with van der Waals surface area (Å²) in [6.45, 7) is 2.04. The number of aryl methyl sites for hydroxylation is 1. The van der Waals surface area contributed by atoms with Crippen molar-refractivity contribution in [2.75, 3.05) is 0 Å². The summed E-state index contributed by atoms with van der Waals surface area (Å²) in [6, 6.07) is 0.750. The summed E-state index contributed by atoms with van der Waals surface area (Å²) in [5, 5.41) is 12.4. The number of nitrogens with zero attached hydrogens (tertiary/aromatic N) is 3. The summed E-state index contributed by atoms with van der Waals surface area (Å²) in [4.78, 5) is 0. The second kappa shape index (κ2) is 4.34. The predicted molar refractivity (Wildman–Crippen MR) is 69.0 cm³/mol. The Balaban J connectivity index is 1.41. The maximum atomic E-state index is 4.37. The van der Waals surface area contributed by atoms with Crippen molar-refractivity contribution in [3.05, 3.63) is 11.6 Å². The van der Waals surface area contributed by atoms with Crippen molar-refractivity contribution in [2.45, 2.75) is 64.1 Å². The Kier molecular flexibility index (Phi) is 2.64. The maximum absolute atomic E-state index is 4.37. The zero-order valence-corrected chi connectivity index (χ0v) is 10.9. The first kappa shape index (κ1) is 11.0. The molecule has 2 bridgehead atoms. The van der Waals surface area contributed by atoms with Crippen LogP contribution in [-0.2, 0) is 19.5 Å². The molecule has 2 saturated carbocycles. The van der Waals surface area contributed by atoms with Crippen LogP contribution >= 0.6 is 0 Å². The van der Waals surface area contributed by atoms with Crippen LogP contribution in [0.5, 0.6) is 0 Å². The van der Waals surface area contributed by atoms with Gasteiger partial charge in [0.15, 0.2) is 0 Å². The minimum atomic E-state index is 0.750. The molecule has 0 aromatic carbocycles. The Bertz CT molecular complexity index is 439. The Labute approximate surface area is 108 Å². The molecular formula is C14H22N4. The largest absolute Gasteiger partial charge is 0.314 e. The van der Waals surface area contributed by atoms with E-state index in [-0.39, 0.29) is 0 Å². The van der Waals surface area contributed by atoms with Gasteiger partial charge in [-0.3, -0.25) is 0 Å². The number of hydrogen-bond donors (Lipinski definition) is 1. The molecule has 2 aliphatic carbocycles. The van der Waals surface area contributed by atoms with Crippen molar-refractivity contribution >= 4 is 0 Å². The number of aromatic nitrogens is 3. The third-order valence-corrected chi connectivity index (χ3v) is 5.20. The zero-order valence-electron chi connectivity index (χ0n) is 10.9. The van der Waals surface area contributed by atoms with Crippen LogP contribution in [0.1, 0.15) is 50.2 Å². The monoisotopic (exact) mass is 246 g/mol. The first-order valence-electron chi connectivity index (χ1n) is 7.54. The molecule has 1 aromatic rings. The van der Waals surface area contributed by atoms with Crippen molar-refractivity contribution < 1.29 is 0 Å². The summed E-state index contributed by atoms with van der Waals surface area (Å²) >= 11 is 0. The van der Waals surface area contributed by atoms with E-state index < -0.39 is 0 Å². The van der Waals surface area contributed by atoms with E-state index in [2.05, 4.69) is 20.1 Å². The molecule has 0 amide bonds. The second-order valence-electron chi connectivity index (χ2n) is 6.30. The summed E-state index contributed by atoms with van der Waals surface area (Å²) in [6.07, 6.45) is 9.45. The lowest BCUT2D eigenvalue weighted by Crippen LogP contribution is -2.34. The fourth-order valence-electron chi connectivity index (χ4n) is 4.22. The quantitative estimate of drug-likeness (QED) is 0.885. The lowest BCUT2D eigenvalue weighted by Gasteiger charge is -2.23. The molecule has 2 fully saturated rings. The van der Waals surface area contributed by atoms with Gasteiger partial charge in [0, 0.05) is 19.0 Å². The highest BCUT2D eigenvalue weighted by atomic mass is 15.3. The summed E-state index contributed by atoms with van der Waals surface area (Å²) in [7, 11) is 0. The van der Waals surface area contributed by atoms with E-state index in [0.717, 1.165) is 43.2 Å². The molecule has 4 heteroatoms. The molecule has 18 heavy (non-hydrogen) atoms. The molecule has 0 spiro atoms. The van der Waals surface area contributed by atoms with E-state index in [1.807, 2.05) is 0 Å². The highest BCUT2D eigenvalue weighted by Gasteiger charge is 2.39. The third kappa shape index (κ3) is 1.78. The van der Waals surface area contributed by atoms with Gasteiger partial charge in [-0.05, 0) is 43.9 Å². The lowest BCUT2D eigenvalue weighted by molar-refractivity contribution is 0.344. The highest BCUT2D eigenvalue weighted by molar-refractivity contribution is 5.00. The number of fused-ring (bicyclic) bond motifs is 3. The van der Waals surface area contributed by atoms with Gasteiger partial charge in [0.05, 0.1) is 6.54 Å². The fourth-order valence-corrected chi connectivity index (χ4v) is 4.22. The molecule has 98 valence electrons. The number of rotatable bonds is 3. The van der Waals surface area contributed by atoms with Crippen molar-refractivity contribution in [1.82, 2.24) is 20.1 Å². The smallest absolute Gasteiger partial charge is 0.147 e. The molecular weight excluding hydrogens is 224 g/mol. The lowest BCUT2D eigenvalue weighted by atomic mass is 9.95. The topological polar surface area (TPSA) is 42.7 Å². The Morgan fingerprint density at radius 3 is 3.00 bits per heavy atom. The summed E-state index contributed by atoms with van der Waals surface area (Å²) < 4.78 is 2.34. The predicted octanol–water partition coefficient (Wildman–Crippen LogP) is 1.89. The third-order valence-electron chi connectivity index (χ3n) is 5.20. The van der Waals surface area contributed by atoms with Crippen molar-refractivity contribution in [2.24, 2.45) is 11.8 Å². The van der Waals surface area contributed by atoms with Crippen LogP contribution in [-0.4, -0.2) is 20.8 Å². The van der Waals surface area contributed by atoms with Crippen LogP contribution in [0.25, 0.3) is 0 Å². The molecule has 2 heterocycles. The number of nitrogens with one attached hydrogen (secondary N) is 1. The zero-order chi connectivity index (χ0) is 11.9. The van der Waals surface area contributed by atoms with Gasteiger partial charge in [-0.2, -0.15) is 0 Å². The SMILES string of the molecule is C1CCn2c(nnc2CNC2CC3CCC2C3)C1. The van der Waals surface area contributed by atoms with Gasteiger partial charge < -0.3 is 9.88 Å². The maximum Gasteiger partial charge on any atom is 0.147 e. The second-order valence-corrected chi connectivity index (χ2v) is 6.30. The van der Waals surface area contributed by atoms with Gasteiger partial charge in [-0.1, -0.05) is 6.42 Å². The molecule has 3 aliphatic rings. The average Bonchev–Trinajstić information content (AvgIpc) is 3.11. The minimum absolute atomic E-state index is 0.750. The van der Waals surface area contributed by atoms with Gasteiger partial charge in [0.25, 0.3) is 0 Å². The molecule has 4 nitrogen and oxygen atoms in total. The van der Waals surface area contributed by atoms with E-state index in [9.17, 15) is 0 Å². The molecule has 0 saturated heterocycles. The molecule has 1 aromatic heterocycles. The Morgan fingerprint density at radius 1 is 1.17 bits per heavy atom. The van der Waals surface area contributed by atoms with E-state index in [1.165, 1.54) is 44.3 Å². The van der Waals surface area contributed by atoms with Crippen molar-refractivity contribution in [1.29, 1.82) is 0 Å². The standard InChI is InChI=1S/C14H22N4/c1-2-6-18-13(3-1)16-17-14(18)9-15-12-8-10-4-5-11(12)7-10/h10-12,15H,1-9H2. The van der Waals surface area contributed by atoms with Crippen LogP contribution in [0.4, 0.5) is 0 Å². The Hall–Kier alpha value is -0.900. The normalized spacial score (nSPS) is 33.9. The van der Waals surface area contributed by atoms with Crippen molar-refractivity contribution in [3.8, 4) is 0 Å². The van der Waals surface area contributed by atoms with E-state index in [4.69, 9.17) is 0 Å². The van der Waals surface area contributed by atoms with Gasteiger partial charge in [-0.25, -0.2) is 0 Å². The van der Waals surface area contributed by atoms with Crippen molar-refractivity contribution in [3.63, 3.8) is 0 Å². The average molecular weight is 246 g/mol. The molecule has 1 aliphatic heterocycles. The molecule has 0 radical (unpaired) electrons. The fraction of sp³-hybridized carbons (Fsp3) is 0.857. The molecule has 3 unspecified atom stereocenters. The van der Waals surface area contributed by atoms with Crippen LogP contribution in [0.3, 0.4) is 0 Å². The van der Waals surface area contributed by atoms with E-state index in [0.29, 0.717) is 0 Å². The van der Waals surface area contributed by atoms with Crippen LogP contribution < -0.4 is 5.32 Å². The number of hydrogen-bond acceptors (Lipinski definition) is 3. The van der Waals surface area contributed by atoms with Crippen LogP contribution in [0.15, 0.2) is 0 Å². The first-order valence-corrected chi connectivity index (χ1v) is 7.54. The molecule has 4 rings (SSSR count). The summed E-state index contributed by atoms with van der Waals surface area (Å²) in [5.41, 5.74) is 0. The van der Waals surface area contributed by atoms with Gasteiger partial charge >= 0.3 is 0 Å². The van der Waals surface area contributed by atoms with Crippen LogP contribution in [0.2, 0.25) is 0 Å². The molecule has 3 atom stereocenters. The van der Waals surface area contributed by atoms with E-state index >= 15 is 0 Å². The molecule has 1 N–H and O–H groups in total. The van der Waals surface area contributed by atoms with Gasteiger partial charge in [-0.15, -0.1) is 10.2 Å². The van der Waals surface area contributed by atoms with E-state index in [1.54, 1.807) is 0 Å². The first-order chi connectivity index (χ1) is 8.90. The summed E-state index contributed by atoms with van der Waals surface area (Å²) in [5.74, 6) is 4.32. The van der Waals surface area contributed by atoms with Crippen LogP contribution in [0, 0.1) is 11.8 Å². The van der Waals surface area contributed by atoms with Gasteiger partial charge in [0.1, 0.15) is 11.6 Å².